The minimum atomic E-state index is -0.724. The first-order valence-electron chi connectivity index (χ1n) is 7.46. The van der Waals surface area contributed by atoms with Gasteiger partial charge in [0, 0.05) is 10.3 Å². The van der Waals surface area contributed by atoms with Gasteiger partial charge in [-0.2, -0.15) is 0 Å². The normalized spacial score (nSPS) is 10.7. The molecule has 0 spiro atoms. The Bertz CT molecular complexity index is 918. The molecule has 2 amide bonds. The van der Waals surface area contributed by atoms with E-state index in [1.165, 1.54) is 0 Å². The van der Waals surface area contributed by atoms with Crippen molar-refractivity contribution in [2.75, 3.05) is 11.1 Å². The van der Waals surface area contributed by atoms with Crippen molar-refractivity contribution in [2.45, 2.75) is 11.8 Å². The molecule has 0 radical (unpaired) electrons. The number of rotatable bonds is 5. The summed E-state index contributed by atoms with van der Waals surface area (Å²) in [6, 6.07) is 14.4. The topological polar surface area (TPSA) is 85.3 Å². The van der Waals surface area contributed by atoms with E-state index in [2.05, 4.69) is 5.32 Å². The summed E-state index contributed by atoms with van der Waals surface area (Å²) in [5.74, 6) is -0.227. The van der Waals surface area contributed by atoms with Gasteiger partial charge in [0.25, 0.3) is 11.8 Å². The molecule has 3 aromatic rings. The van der Waals surface area contributed by atoms with Crippen LogP contribution in [0.5, 0.6) is 0 Å². The summed E-state index contributed by atoms with van der Waals surface area (Å²) in [5, 5.41) is 3.42. The highest BCUT2D eigenvalue weighted by molar-refractivity contribution is 7.99. The summed E-state index contributed by atoms with van der Waals surface area (Å²) in [6.07, 6.45) is 0. The van der Waals surface area contributed by atoms with E-state index in [4.69, 9.17) is 10.2 Å². The summed E-state index contributed by atoms with van der Waals surface area (Å²) in [7, 11) is 0. The first-order chi connectivity index (χ1) is 11.6. The van der Waals surface area contributed by atoms with Crippen molar-refractivity contribution in [1.82, 2.24) is 0 Å². The van der Waals surface area contributed by atoms with Crippen LogP contribution in [-0.4, -0.2) is 17.6 Å². The minimum absolute atomic E-state index is 0.0508. The standard InChI is InChI=1S/C18H16N2O3S/c1-2-24-14-10-6-4-8-12(14)18(22)20-15-11-7-3-5-9-13(11)23-16(15)17(19)21/h3-10H,2H2,1H3,(H2,19,21)(H,20,22). The van der Waals surface area contributed by atoms with Crippen molar-refractivity contribution in [2.24, 2.45) is 5.73 Å². The van der Waals surface area contributed by atoms with Gasteiger partial charge in [0.15, 0.2) is 0 Å². The lowest BCUT2D eigenvalue weighted by Gasteiger charge is -2.09. The zero-order valence-electron chi connectivity index (χ0n) is 13.0. The van der Waals surface area contributed by atoms with Crippen molar-refractivity contribution in [3.63, 3.8) is 0 Å². The largest absolute Gasteiger partial charge is 0.449 e. The Kier molecular flexibility index (Phi) is 4.57. The van der Waals surface area contributed by atoms with Crippen molar-refractivity contribution >= 4 is 40.2 Å². The van der Waals surface area contributed by atoms with Gasteiger partial charge in [-0.15, -0.1) is 11.8 Å². The van der Waals surface area contributed by atoms with Crippen LogP contribution in [0, 0.1) is 0 Å². The number of carbonyl (C=O) groups is 2. The van der Waals surface area contributed by atoms with Crippen LogP contribution in [0.25, 0.3) is 11.0 Å². The number of carbonyl (C=O) groups excluding carboxylic acids is 2. The van der Waals surface area contributed by atoms with Crippen LogP contribution < -0.4 is 11.1 Å². The van der Waals surface area contributed by atoms with Crippen LogP contribution in [0.4, 0.5) is 5.69 Å². The molecule has 0 saturated heterocycles. The molecular formula is C18H16N2O3S. The third-order valence-electron chi connectivity index (χ3n) is 3.49. The highest BCUT2D eigenvalue weighted by Gasteiger charge is 2.21. The van der Waals surface area contributed by atoms with E-state index < -0.39 is 5.91 Å². The number of furan rings is 1. The number of fused-ring (bicyclic) bond motifs is 1. The molecule has 2 aromatic carbocycles. The molecule has 0 atom stereocenters. The molecule has 1 heterocycles. The minimum Gasteiger partial charge on any atom is -0.449 e. The first kappa shape index (κ1) is 16.1. The lowest BCUT2D eigenvalue weighted by molar-refractivity contribution is 0.0977. The summed E-state index contributed by atoms with van der Waals surface area (Å²) in [4.78, 5) is 25.2. The molecule has 1 aromatic heterocycles. The lowest BCUT2D eigenvalue weighted by atomic mass is 10.1. The predicted molar refractivity (Wildman–Crippen MR) is 95.5 cm³/mol. The zero-order chi connectivity index (χ0) is 17.1. The average molecular weight is 340 g/mol. The molecule has 0 aliphatic heterocycles. The number of benzene rings is 2. The quantitative estimate of drug-likeness (QED) is 0.690. The monoisotopic (exact) mass is 340 g/mol. The average Bonchev–Trinajstić information content (AvgIpc) is 2.95. The maximum absolute atomic E-state index is 12.7. The highest BCUT2D eigenvalue weighted by Crippen LogP contribution is 2.31. The second-order valence-electron chi connectivity index (χ2n) is 5.05. The number of nitrogens with one attached hydrogen (secondary N) is 1. The summed E-state index contributed by atoms with van der Waals surface area (Å²) in [5.41, 5.74) is 6.73. The molecule has 0 fully saturated rings. The third-order valence-corrected chi connectivity index (χ3v) is 4.45. The Morgan fingerprint density at radius 2 is 1.83 bits per heavy atom. The van der Waals surface area contributed by atoms with E-state index in [0.717, 1.165) is 10.6 Å². The molecular weight excluding hydrogens is 324 g/mol. The van der Waals surface area contributed by atoms with Gasteiger partial charge in [0.1, 0.15) is 11.3 Å². The molecule has 0 aliphatic rings. The Hall–Kier alpha value is -2.73. The fourth-order valence-corrected chi connectivity index (χ4v) is 3.26. The van der Waals surface area contributed by atoms with Crippen LogP contribution in [0.1, 0.15) is 27.8 Å². The molecule has 3 rings (SSSR count). The number of nitrogens with two attached hydrogens (primary N) is 1. The first-order valence-corrected chi connectivity index (χ1v) is 8.45. The molecule has 0 unspecified atom stereocenters. The Morgan fingerprint density at radius 1 is 1.12 bits per heavy atom. The van der Waals surface area contributed by atoms with Gasteiger partial charge in [0.2, 0.25) is 5.76 Å². The van der Waals surface area contributed by atoms with Crippen LogP contribution in [0.15, 0.2) is 57.8 Å². The van der Waals surface area contributed by atoms with Gasteiger partial charge in [-0.3, -0.25) is 9.59 Å². The SMILES string of the molecule is CCSc1ccccc1C(=O)Nc1c(C(N)=O)oc2ccccc12. The Morgan fingerprint density at radius 3 is 2.58 bits per heavy atom. The fourth-order valence-electron chi connectivity index (χ4n) is 2.46. The van der Waals surface area contributed by atoms with E-state index in [1.807, 2.05) is 19.1 Å². The van der Waals surface area contributed by atoms with Crippen molar-refractivity contribution < 1.29 is 14.0 Å². The van der Waals surface area contributed by atoms with Crippen molar-refractivity contribution in [1.29, 1.82) is 0 Å². The molecule has 0 aliphatic carbocycles. The molecule has 5 nitrogen and oxygen atoms in total. The molecule has 0 saturated carbocycles. The van der Waals surface area contributed by atoms with Crippen LogP contribution >= 0.6 is 11.8 Å². The Labute approximate surface area is 143 Å². The number of primary amides is 1. The van der Waals surface area contributed by atoms with E-state index in [9.17, 15) is 9.59 Å². The second-order valence-corrected chi connectivity index (χ2v) is 6.36. The molecule has 6 heteroatoms. The number of hydrogen-bond acceptors (Lipinski definition) is 4. The van der Waals surface area contributed by atoms with Crippen LogP contribution in [0.2, 0.25) is 0 Å². The smallest absolute Gasteiger partial charge is 0.286 e. The molecule has 122 valence electrons. The van der Waals surface area contributed by atoms with Crippen LogP contribution in [0.3, 0.4) is 0 Å². The van der Waals surface area contributed by atoms with Crippen molar-refractivity contribution in [3.8, 4) is 0 Å². The number of amides is 2. The van der Waals surface area contributed by atoms with Gasteiger partial charge in [-0.25, -0.2) is 0 Å². The van der Waals surface area contributed by atoms with Crippen LogP contribution in [-0.2, 0) is 0 Å². The zero-order valence-corrected chi connectivity index (χ0v) is 13.9. The number of para-hydroxylation sites is 1. The van der Waals surface area contributed by atoms with E-state index >= 15 is 0 Å². The summed E-state index contributed by atoms with van der Waals surface area (Å²) in [6.45, 7) is 2.02. The number of hydrogen-bond donors (Lipinski definition) is 2. The summed E-state index contributed by atoms with van der Waals surface area (Å²) >= 11 is 1.58. The third kappa shape index (κ3) is 3.00. The summed E-state index contributed by atoms with van der Waals surface area (Å²) < 4.78 is 5.48. The highest BCUT2D eigenvalue weighted by atomic mass is 32.2. The maximum atomic E-state index is 12.7. The van der Waals surface area contributed by atoms with Gasteiger partial charge in [-0.05, 0) is 30.0 Å². The number of thioether (sulfide) groups is 1. The molecule has 0 bridgehead atoms. The Balaban J connectivity index is 2.02. The molecule has 24 heavy (non-hydrogen) atoms. The van der Waals surface area contributed by atoms with E-state index in [0.29, 0.717) is 22.2 Å². The van der Waals surface area contributed by atoms with Gasteiger partial charge >= 0.3 is 0 Å². The van der Waals surface area contributed by atoms with Crippen molar-refractivity contribution in [3.05, 3.63) is 59.9 Å². The van der Waals surface area contributed by atoms with E-state index in [1.54, 1.807) is 48.2 Å². The predicted octanol–water partition coefficient (Wildman–Crippen LogP) is 3.90. The maximum Gasteiger partial charge on any atom is 0.286 e. The van der Waals surface area contributed by atoms with Gasteiger partial charge in [-0.1, -0.05) is 31.2 Å². The fraction of sp³-hybridized carbons (Fsp3) is 0.111. The number of anilines is 1. The molecule has 3 N–H and O–H groups in total. The van der Waals surface area contributed by atoms with Gasteiger partial charge in [0.05, 0.1) is 5.56 Å². The lowest BCUT2D eigenvalue weighted by Crippen LogP contribution is -2.17. The van der Waals surface area contributed by atoms with E-state index in [-0.39, 0.29) is 11.7 Å². The van der Waals surface area contributed by atoms with Gasteiger partial charge < -0.3 is 15.5 Å². The second kappa shape index (κ2) is 6.80.